The highest BCUT2D eigenvalue weighted by molar-refractivity contribution is 7.10. The lowest BCUT2D eigenvalue weighted by Gasteiger charge is -2.04. The molecule has 0 radical (unpaired) electrons. The molecule has 0 aromatic carbocycles. The predicted octanol–water partition coefficient (Wildman–Crippen LogP) is 3.13. The molecule has 0 bridgehead atoms. The monoisotopic (exact) mass is 200 g/mol. The van der Waals surface area contributed by atoms with Crippen LogP contribution in [0.5, 0.6) is 0 Å². The lowest BCUT2D eigenvalue weighted by atomic mass is 10.3. The van der Waals surface area contributed by atoms with Crippen molar-refractivity contribution < 1.29 is 9.47 Å². The zero-order chi connectivity index (χ0) is 9.68. The van der Waals surface area contributed by atoms with Crippen molar-refractivity contribution in [1.82, 2.24) is 0 Å². The van der Waals surface area contributed by atoms with Crippen LogP contribution < -0.4 is 0 Å². The van der Waals surface area contributed by atoms with E-state index in [2.05, 4.69) is 18.4 Å². The predicted molar refractivity (Wildman–Crippen MR) is 55.0 cm³/mol. The van der Waals surface area contributed by atoms with E-state index in [1.165, 1.54) is 4.88 Å². The van der Waals surface area contributed by atoms with Gasteiger partial charge in [0.1, 0.15) is 0 Å². The first-order chi connectivity index (χ1) is 6.36. The van der Waals surface area contributed by atoms with Gasteiger partial charge in [-0.1, -0.05) is 13.8 Å². The van der Waals surface area contributed by atoms with Gasteiger partial charge >= 0.3 is 0 Å². The van der Waals surface area contributed by atoms with Gasteiger partial charge in [0, 0.05) is 10.4 Å². The highest BCUT2D eigenvalue weighted by Gasteiger charge is 2.18. The second kappa shape index (κ2) is 5.37. The summed E-state index contributed by atoms with van der Waals surface area (Å²) in [6, 6.07) is 2.11. The Labute approximate surface area is 83.5 Å². The zero-order valence-electron chi connectivity index (χ0n) is 8.37. The largest absolute Gasteiger partial charge is 0.346 e. The molecule has 2 heterocycles. The molecule has 1 saturated heterocycles. The van der Waals surface area contributed by atoms with Crippen LogP contribution in [0.2, 0.25) is 0 Å². The molecule has 3 heteroatoms. The van der Waals surface area contributed by atoms with Gasteiger partial charge in [0.2, 0.25) is 0 Å². The van der Waals surface area contributed by atoms with E-state index in [0.29, 0.717) is 0 Å². The molecule has 1 aromatic rings. The summed E-state index contributed by atoms with van der Waals surface area (Å²) >= 11 is 1.73. The molecule has 1 fully saturated rings. The number of rotatable bonds is 1. The van der Waals surface area contributed by atoms with Crippen molar-refractivity contribution in [2.24, 2.45) is 0 Å². The van der Waals surface area contributed by atoms with Crippen LogP contribution >= 0.6 is 11.3 Å². The summed E-state index contributed by atoms with van der Waals surface area (Å²) in [5.74, 6) is 0. The molecule has 1 aliphatic heterocycles. The maximum absolute atomic E-state index is 5.34. The molecule has 74 valence electrons. The van der Waals surface area contributed by atoms with E-state index in [9.17, 15) is 0 Å². The van der Waals surface area contributed by atoms with Crippen molar-refractivity contribution >= 4 is 11.3 Å². The molecule has 0 N–H and O–H groups in total. The Balaban J connectivity index is 0.000000396. The van der Waals surface area contributed by atoms with Crippen LogP contribution in [-0.2, 0) is 9.47 Å². The average molecular weight is 200 g/mol. The second-order valence-electron chi connectivity index (χ2n) is 2.56. The molecule has 2 nitrogen and oxygen atoms in total. The normalized spacial score (nSPS) is 16.8. The molecule has 0 saturated carbocycles. The standard InChI is InChI=1S/C8H10O2S.C2H6/c1-6-4-7(5-11-6)8-9-2-3-10-8;1-2/h4-5,8H,2-3H2,1H3;1-2H3. The van der Waals surface area contributed by atoms with Crippen molar-refractivity contribution in [3.05, 3.63) is 21.9 Å². The molecule has 2 rings (SSSR count). The van der Waals surface area contributed by atoms with Gasteiger partial charge in [-0.2, -0.15) is 0 Å². The summed E-state index contributed by atoms with van der Waals surface area (Å²) in [7, 11) is 0. The summed E-state index contributed by atoms with van der Waals surface area (Å²) in [6.07, 6.45) is -0.0973. The number of thiophene rings is 1. The first-order valence-electron chi connectivity index (χ1n) is 4.64. The van der Waals surface area contributed by atoms with Gasteiger partial charge < -0.3 is 9.47 Å². The third kappa shape index (κ3) is 2.79. The Hall–Kier alpha value is -0.380. The summed E-state index contributed by atoms with van der Waals surface area (Å²) in [4.78, 5) is 1.30. The van der Waals surface area contributed by atoms with Crippen LogP contribution in [0, 0.1) is 6.92 Å². The maximum atomic E-state index is 5.34. The number of hydrogen-bond acceptors (Lipinski definition) is 3. The SMILES string of the molecule is CC.Cc1cc(C2OCCO2)cs1. The third-order valence-electron chi connectivity index (χ3n) is 1.64. The Morgan fingerprint density at radius 3 is 2.38 bits per heavy atom. The molecule has 0 aliphatic carbocycles. The molecular weight excluding hydrogens is 184 g/mol. The Morgan fingerprint density at radius 1 is 1.31 bits per heavy atom. The fraction of sp³-hybridized carbons (Fsp3) is 0.600. The summed E-state index contributed by atoms with van der Waals surface area (Å²) < 4.78 is 10.7. The molecule has 0 amide bonds. The van der Waals surface area contributed by atoms with Crippen molar-refractivity contribution in [2.45, 2.75) is 27.1 Å². The smallest absolute Gasteiger partial charge is 0.184 e. The van der Waals surface area contributed by atoms with Gasteiger partial charge in [-0.3, -0.25) is 0 Å². The van der Waals surface area contributed by atoms with E-state index in [1.54, 1.807) is 11.3 Å². The topological polar surface area (TPSA) is 18.5 Å². The molecule has 0 spiro atoms. The number of ether oxygens (including phenoxy) is 2. The van der Waals surface area contributed by atoms with E-state index in [-0.39, 0.29) is 6.29 Å². The molecule has 0 unspecified atom stereocenters. The van der Waals surface area contributed by atoms with Crippen LogP contribution in [0.4, 0.5) is 0 Å². The third-order valence-corrected chi connectivity index (χ3v) is 2.52. The minimum atomic E-state index is -0.0973. The number of hydrogen-bond donors (Lipinski definition) is 0. The Bertz CT molecular complexity index is 239. The van der Waals surface area contributed by atoms with Crippen LogP contribution in [-0.4, -0.2) is 13.2 Å². The lowest BCUT2D eigenvalue weighted by molar-refractivity contribution is -0.0438. The highest BCUT2D eigenvalue weighted by atomic mass is 32.1. The summed E-state index contributed by atoms with van der Waals surface area (Å²) in [5, 5.41) is 2.09. The second-order valence-corrected chi connectivity index (χ2v) is 3.68. The fourth-order valence-corrected chi connectivity index (χ4v) is 1.84. The van der Waals surface area contributed by atoms with Crippen LogP contribution in [0.25, 0.3) is 0 Å². The Kier molecular flexibility index (Phi) is 4.42. The minimum absolute atomic E-state index is 0.0973. The first kappa shape index (κ1) is 10.7. The maximum Gasteiger partial charge on any atom is 0.184 e. The van der Waals surface area contributed by atoms with E-state index >= 15 is 0 Å². The fourth-order valence-electron chi connectivity index (χ4n) is 1.14. The van der Waals surface area contributed by atoms with Gasteiger partial charge in [-0.05, 0) is 18.4 Å². The molecule has 0 atom stereocenters. The van der Waals surface area contributed by atoms with E-state index < -0.39 is 0 Å². The van der Waals surface area contributed by atoms with Crippen molar-refractivity contribution in [3.8, 4) is 0 Å². The molecule has 13 heavy (non-hydrogen) atoms. The summed E-state index contributed by atoms with van der Waals surface area (Å²) in [6.45, 7) is 7.53. The average Bonchev–Trinajstić information content (AvgIpc) is 2.77. The number of aryl methyl sites for hydroxylation is 1. The van der Waals surface area contributed by atoms with Crippen LogP contribution in [0.3, 0.4) is 0 Å². The lowest BCUT2D eigenvalue weighted by Crippen LogP contribution is -1.94. The summed E-state index contributed by atoms with van der Waals surface area (Å²) in [5.41, 5.74) is 1.16. The van der Waals surface area contributed by atoms with Crippen LogP contribution in [0.15, 0.2) is 11.4 Å². The molecular formula is C10H16O2S. The van der Waals surface area contributed by atoms with E-state index in [1.807, 2.05) is 13.8 Å². The van der Waals surface area contributed by atoms with Crippen molar-refractivity contribution in [3.63, 3.8) is 0 Å². The molecule has 1 aromatic heterocycles. The van der Waals surface area contributed by atoms with Crippen molar-refractivity contribution in [2.75, 3.05) is 13.2 Å². The van der Waals surface area contributed by atoms with Gasteiger partial charge in [-0.15, -0.1) is 11.3 Å². The highest BCUT2D eigenvalue weighted by Crippen LogP contribution is 2.26. The first-order valence-corrected chi connectivity index (χ1v) is 5.52. The van der Waals surface area contributed by atoms with Crippen molar-refractivity contribution in [1.29, 1.82) is 0 Å². The van der Waals surface area contributed by atoms with Gasteiger partial charge in [0.05, 0.1) is 13.2 Å². The van der Waals surface area contributed by atoms with Gasteiger partial charge in [0.25, 0.3) is 0 Å². The van der Waals surface area contributed by atoms with Gasteiger partial charge in [0.15, 0.2) is 6.29 Å². The Morgan fingerprint density at radius 2 is 1.92 bits per heavy atom. The van der Waals surface area contributed by atoms with E-state index in [0.717, 1.165) is 18.8 Å². The van der Waals surface area contributed by atoms with E-state index in [4.69, 9.17) is 9.47 Å². The zero-order valence-corrected chi connectivity index (χ0v) is 9.19. The minimum Gasteiger partial charge on any atom is -0.346 e. The quantitative estimate of drug-likeness (QED) is 0.693. The molecule has 1 aliphatic rings. The van der Waals surface area contributed by atoms with Gasteiger partial charge in [-0.25, -0.2) is 0 Å². The van der Waals surface area contributed by atoms with Crippen LogP contribution in [0.1, 0.15) is 30.6 Å².